The molecule has 1 atom stereocenters. The average molecular weight is 322 g/mol. The van der Waals surface area contributed by atoms with Gasteiger partial charge in [-0.05, 0) is 43.4 Å². The van der Waals surface area contributed by atoms with Crippen molar-refractivity contribution in [3.8, 4) is 0 Å². The van der Waals surface area contributed by atoms with E-state index in [0.717, 1.165) is 18.4 Å². The lowest BCUT2D eigenvalue weighted by Gasteiger charge is -2.29. The van der Waals surface area contributed by atoms with Crippen LogP contribution in [0.4, 0.5) is 4.79 Å². The van der Waals surface area contributed by atoms with E-state index in [1.165, 1.54) is 0 Å². The summed E-state index contributed by atoms with van der Waals surface area (Å²) in [5, 5.41) is 2.53. The number of urea groups is 1. The normalized spacial score (nSPS) is 14.7. The number of imide groups is 1. The topological polar surface area (TPSA) is 49.4 Å². The second kappa shape index (κ2) is 7.30. The lowest BCUT2D eigenvalue weighted by molar-refractivity contribution is 0.0941. The van der Waals surface area contributed by atoms with Gasteiger partial charge in [0.05, 0.1) is 0 Å². The molecule has 1 aliphatic carbocycles. The molecule has 124 valence electrons. The van der Waals surface area contributed by atoms with Crippen molar-refractivity contribution >= 4 is 11.9 Å². The van der Waals surface area contributed by atoms with Gasteiger partial charge in [0.25, 0.3) is 5.91 Å². The number of nitrogens with zero attached hydrogens (tertiary/aromatic N) is 1. The second-order valence-electron chi connectivity index (χ2n) is 6.32. The van der Waals surface area contributed by atoms with E-state index in [1.54, 1.807) is 29.2 Å². The first-order valence-corrected chi connectivity index (χ1v) is 8.36. The highest BCUT2D eigenvalue weighted by molar-refractivity contribution is 6.04. The van der Waals surface area contributed by atoms with E-state index in [1.807, 2.05) is 36.4 Å². The van der Waals surface area contributed by atoms with E-state index >= 15 is 0 Å². The number of nitrogens with one attached hydrogen (secondary N) is 1. The van der Waals surface area contributed by atoms with Crippen molar-refractivity contribution in [3.63, 3.8) is 0 Å². The minimum absolute atomic E-state index is 0.119. The van der Waals surface area contributed by atoms with Crippen LogP contribution in [-0.2, 0) is 6.54 Å². The van der Waals surface area contributed by atoms with Crippen molar-refractivity contribution in [2.75, 3.05) is 0 Å². The van der Waals surface area contributed by atoms with E-state index in [4.69, 9.17) is 0 Å². The molecule has 0 radical (unpaired) electrons. The third-order valence-corrected chi connectivity index (χ3v) is 4.51. The standard InChI is InChI=1S/C20H22N2O2/c1-15(17-12-13-17)22(14-16-8-4-2-5-9-16)20(24)21-19(23)18-10-6-3-7-11-18/h2-11,15,17H,12-14H2,1H3,(H,21,23,24)/t15-/m0/s1. The number of benzene rings is 2. The van der Waals surface area contributed by atoms with Gasteiger partial charge in [0.1, 0.15) is 0 Å². The highest BCUT2D eigenvalue weighted by Crippen LogP contribution is 2.35. The first-order valence-electron chi connectivity index (χ1n) is 8.36. The van der Waals surface area contributed by atoms with Gasteiger partial charge in [-0.25, -0.2) is 4.79 Å². The van der Waals surface area contributed by atoms with Gasteiger partial charge in [0, 0.05) is 18.2 Å². The molecule has 4 heteroatoms. The monoisotopic (exact) mass is 322 g/mol. The summed E-state index contributed by atoms with van der Waals surface area (Å²) in [5.74, 6) is 0.174. The third kappa shape index (κ3) is 4.02. The van der Waals surface area contributed by atoms with Crippen LogP contribution >= 0.6 is 0 Å². The van der Waals surface area contributed by atoms with Crippen molar-refractivity contribution in [2.45, 2.75) is 32.4 Å². The van der Waals surface area contributed by atoms with Gasteiger partial charge < -0.3 is 4.90 Å². The van der Waals surface area contributed by atoms with Gasteiger partial charge in [-0.1, -0.05) is 48.5 Å². The molecule has 4 nitrogen and oxygen atoms in total. The summed E-state index contributed by atoms with van der Waals surface area (Å²) in [4.78, 5) is 26.7. The summed E-state index contributed by atoms with van der Waals surface area (Å²) in [7, 11) is 0. The van der Waals surface area contributed by atoms with E-state index in [2.05, 4.69) is 12.2 Å². The zero-order valence-electron chi connectivity index (χ0n) is 13.8. The second-order valence-corrected chi connectivity index (χ2v) is 6.32. The van der Waals surface area contributed by atoms with Crippen LogP contribution in [0.1, 0.15) is 35.7 Å². The van der Waals surface area contributed by atoms with Crippen molar-refractivity contribution in [1.29, 1.82) is 0 Å². The van der Waals surface area contributed by atoms with E-state index in [9.17, 15) is 9.59 Å². The highest BCUT2D eigenvalue weighted by atomic mass is 16.2. The molecule has 3 amide bonds. The fourth-order valence-corrected chi connectivity index (χ4v) is 2.84. The maximum absolute atomic E-state index is 12.7. The van der Waals surface area contributed by atoms with Crippen molar-refractivity contribution in [1.82, 2.24) is 10.2 Å². The van der Waals surface area contributed by atoms with Crippen LogP contribution in [-0.4, -0.2) is 22.9 Å². The van der Waals surface area contributed by atoms with Crippen molar-refractivity contribution in [3.05, 3.63) is 71.8 Å². The Bertz CT molecular complexity index is 696. The van der Waals surface area contributed by atoms with Crippen LogP contribution in [0.5, 0.6) is 0 Å². The Morgan fingerprint density at radius 2 is 1.62 bits per heavy atom. The number of carbonyl (C=O) groups is 2. The first kappa shape index (κ1) is 16.2. The fraction of sp³-hybridized carbons (Fsp3) is 0.300. The largest absolute Gasteiger partial charge is 0.324 e. The first-order chi connectivity index (χ1) is 11.6. The third-order valence-electron chi connectivity index (χ3n) is 4.51. The van der Waals surface area contributed by atoms with Gasteiger partial charge in [-0.3, -0.25) is 10.1 Å². The summed E-state index contributed by atoms with van der Waals surface area (Å²) in [6.45, 7) is 2.57. The molecule has 0 unspecified atom stereocenters. The van der Waals surface area contributed by atoms with Gasteiger partial charge in [0.15, 0.2) is 0 Å². The van der Waals surface area contributed by atoms with Gasteiger partial charge in [0.2, 0.25) is 0 Å². The smallest absolute Gasteiger partial charge is 0.317 e. The SMILES string of the molecule is C[C@@H](C1CC1)N(Cc1ccccc1)C(=O)NC(=O)c1ccccc1. The Balaban J connectivity index is 1.72. The van der Waals surface area contributed by atoms with Gasteiger partial charge >= 0.3 is 6.03 Å². The minimum atomic E-state index is -0.360. The molecule has 1 aliphatic rings. The van der Waals surface area contributed by atoms with Crippen LogP contribution in [0.15, 0.2) is 60.7 Å². The summed E-state index contributed by atoms with van der Waals surface area (Å²) in [5.41, 5.74) is 1.55. The Morgan fingerprint density at radius 1 is 1.04 bits per heavy atom. The Kier molecular flexibility index (Phi) is 4.94. The van der Waals surface area contributed by atoms with Gasteiger partial charge in [-0.15, -0.1) is 0 Å². The van der Waals surface area contributed by atoms with E-state index in [0.29, 0.717) is 18.0 Å². The van der Waals surface area contributed by atoms with Crippen LogP contribution in [0.25, 0.3) is 0 Å². The predicted molar refractivity (Wildman–Crippen MR) is 93.5 cm³/mol. The van der Waals surface area contributed by atoms with Crippen LogP contribution in [0.3, 0.4) is 0 Å². The maximum Gasteiger partial charge on any atom is 0.324 e. The highest BCUT2D eigenvalue weighted by Gasteiger charge is 2.34. The van der Waals surface area contributed by atoms with Crippen molar-refractivity contribution in [2.24, 2.45) is 5.92 Å². The number of hydrogen-bond donors (Lipinski definition) is 1. The molecular weight excluding hydrogens is 300 g/mol. The number of hydrogen-bond acceptors (Lipinski definition) is 2. The molecule has 2 aromatic carbocycles. The molecule has 0 aromatic heterocycles. The Morgan fingerprint density at radius 3 is 2.21 bits per heavy atom. The van der Waals surface area contributed by atoms with Crippen molar-refractivity contribution < 1.29 is 9.59 Å². The number of carbonyl (C=O) groups excluding carboxylic acids is 2. The molecule has 0 saturated heterocycles. The average Bonchev–Trinajstić information content (AvgIpc) is 3.46. The zero-order chi connectivity index (χ0) is 16.9. The Hall–Kier alpha value is -2.62. The number of rotatable bonds is 5. The fourth-order valence-electron chi connectivity index (χ4n) is 2.84. The molecule has 24 heavy (non-hydrogen) atoms. The molecule has 1 fully saturated rings. The summed E-state index contributed by atoms with van der Waals surface area (Å²) in [6, 6.07) is 18.5. The van der Waals surface area contributed by atoms with Crippen LogP contribution in [0.2, 0.25) is 0 Å². The molecule has 0 bridgehead atoms. The maximum atomic E-state index is 12.7. The summed E-state index contributed by atoms with van der Waals surface area (Å²) < 4.78 is 0. The van der Waals surface area contributed by atoms with Gasteiger partial charge in [-0.2, -0.15) is 0 Å². The Labute approximate surface area is 142 Å². The van der Waals surface area contributed by atoms with Crippen LogP contribution < -0.4 is 5.32 Å². The molecule has 3 rings (SSSR count). The lowest BCUT2D eigenvalue weighted by Crippen LogP contribution is -2.47. The van der Waals surface area contributed by atoms with E-state index in [-0.39, 0.29) is 18.0 Å². The van der Waals surface area contributed by atoms with Crippen LogP contribution in [0, 0.1) is 5.92 Å². The number of amides is 3. The molecule has 1 N–H and O–H groups in total. The summed E-state index contributed by atoms with van der Waals surface area (Å²) >= 11 is 0. The zero-order valence-corrected chi connectivity index (χ0v) is 13.8. The molecule has 0 spiro atoms. The molecular formula is C20H22N2O2. The quantitative estimate of drug-likeness (QED) is 0.909. The molecule has 2 aromatic rings. The van der Waals surface area contributed by atoms with E-state index < -0.39 is 0 Å². The summed E-state index contributed by atoms with van der Waals surface area (Å²) in [6.07, 6.45) is 2.29. The molecule has 1 saturated carbocycles. The molecule has 0 heterocycles. The predicted octanol–water partition coefficient (Wildman–Crippen LogP) is 3.84. The lowest BCUT2D eigenvalue weighted by atomic mass is 10.1. The molecule has 0 aliphatic heterocycles. The minimum Gasteiger partial charge on any atom is -0.317 e.